The monoisotopic (exact) mass is 203 g/mol. The van der Waals surface area contributed by atoms with Gasteiger partial charge in [0.25, 0.3) is 0 Å². The zero-order chi connectivity index (χ0) is 10.8. The molecule has 2 rings (SSSR count). The molecule has 3 nitrogen and oxygen atoms in total. The van der Waals surface area contributed by atoms with Crippen molar-refractivity contribution in [2.24, 2.45) is 0 Å². The zero-order valence-corrected chi connectivity index (χ0v) is 8.83. The Balaban J connectivity index is 2.53. The molecule has 0 saturated carbocycles. The average molecular weight is 203 g/mol. The van der Waals surface area contributed by atoms with E-state index in [-0.39, 0.29) is 5.78 Å². The first-order valence-corrected chi connectivity index (χ1v) is 4.90. The van der Waals surface area contributed by atoms with E-state index in [9.17, 15) is 4.79 Å². The summed E-state index contributed by atoms with van der Waals surface area (Å²) in [5.41, 5.74) is 1.69. The molecule has 0 aliphatic carbocycles. The number of hydrogen-bond donors (Lipinski definition) is 1. The second-order valence-corrected chi connectivity index (χ2v) is 3.51. The summed E-state index contributed by atoms with van der Waals surface area (Å²) in [5.74, 6) is 0.455. The Morgan fingerprint density at radius 2 is 2.13 bits per heavy atom. The van der Waals surface area contributed by atoms with Crippen LogP contribution < -0.4 is 5.32 Å². The van der Waals surface area contributed by atoms with Gasteiger partial charge in [0.1, 0.15) is 5.58 Å². The number of benzene rings is 1. The van der Waals surface area contributed by atoms with Gasteiger partial charge in [-0.1, -0.05) is 18.2 Å². The number of nitrogens with one attached hydrogen (secondary N) is 1. The largest absolute Gasteiger partial charge is 0.453 e. The summed E-state index contributed by atoms with van der Waals surface area (Å²) in [6, 6.07) is 7.68. The number of Topliss-reactive ketones (excluding diaryl/α,β-unsaturated/α-hetero) is 1. The normalized spacial score (nSPS) is 10.8. The van der Waals surface area contributed by atoms with Gasteiger partial charge in [0.05, 0.1) is 6.54 Å². The van der Waals surface area contributed by atoms with E-state index in [1.165, 1.54) is 0 Å². The lowest BCUT2D eigenvalue weighted by molar-refractivity contribution is 0.0968. The number of likely N-dealkylation sites (N-methyl/N-ethyl adjacent to an activating group) is 1. The Morgan fingerprint density at radius 1 is 1.40 bits per heavy atom. The third-order valence-electron chi connectivity index (χ3n) is 2.43. The topological polar surface area (TPSA) is 42.2 Å². The van der Waals surface area contributed by atoms with E-state index in [0.717, 1.165) is 16.5 Å². The van der Waals surface area contributed by atoms with Gasteiger partial charge < -0.3 is 9.73 Å². The number of carbonyl (C=O) groups excluding carboxylic acids is 1. The number of aryl methyl sites for hydroxylation is 1. The molecule has 1 aromatic heterocycles. The van der Waals surface area contributed by atoms with Crippen molar-refractivity contribution in [2.75, 3.05) is 13.6 Å². The van der Waals surface area contributed by atoms with Gasteiger partial charge >= 0.3 is 0 Å². The van der Waals surface area contributed by atoms with Crippen molar-refractivity contribution in [3.05, 3.63) is 35.6 Å². The second kappa shape index (κ2) is 3.87. The lowest BCUT2D eigenvalue weighted by Crippen LogP contribution is -2.18. The molecule has 0 aliphatic heterocycles. The number of para-hydroxylation sites is 1. The molecule has 0 radical (unpaired) electrons. The fourth-order valence-corrected chi connectivity index (χ4v) is 1.68. The van der Waals surface area contributed by atoms with Crippen LogP contribution in [0.3, 0.4) is 0 Å². The smallest absolute Gasteiger partial charge is 0.211 e. The highest BCUT2D eigenvalue weighted by atomic mass is 16.3. The minimum atomic E-state index is -0.00815. The molecule has 0 amide bonds. The highest BCUT2D eigenvalue weighted by molar-refractivity contribution is 6.01. The summed E-state index contributed by atoms with van der Waals surface area (Å²) in [5, 5.41) is 3.84. The van der Waals surface area contributed by atoms with Gasteiger partial charge in [0.2, 0.25) is 5.78 Å². The van der Waals surface area contributed by atoms with E-state index in [1.807, 2.05) is 31.2 Å². The van der Waals surface area contributed by atoms with Crippen LogP contribution in [0.5, 0.6) is 0 Å². The highest BCUT2D eigenvalue weighted by Crippen LogP contribution is 2.24. The maximum absolute atomic E-state index is 11.7. The van der Waals surface area contributed by atoms with Crippen LogP contribution >= 0.6 is 0 Å². The minimum absolute atomic E-state index is 0.00815. The molecule has 0 atom stereocenters. The molecule has 1 heterocycles. The summed E-state index contributed by atoms with van der Waals surface area (Å²) in [6.45, 7) is 2.22. The lowest BCUT2D eigenvalue weighted by Gasteiger charge is -1.96. The molecule has 0 saturated heterocycles. The molecule has 3 heteroatoms. The van der Waals surface area contributed by atoms with Crippen molar-refractivity contribution < 1.29 is 9.21 Å². The first-order valence-electron chi connectivity index (χ1n) is 4.90. The van der Waals surface area contributed by atoms with E-state index in [1.54, 1.807) is 7.05 Å². The van der Waals surface area contributed by atoms with Gasteiger partial charge in [-0.3, -0.25) is 4.79 Å². The number of ketones is 1. The van der Waals surface area contributed by atoms with Crippen molar-refractivity contribution in [2.45, 2.75) is 6.92 Å². The summed E-state index contributed by atoms with van der Waals surface area (Å²) in [4.78, 5) is 11.7. The Bertz CT molecular complexity index is 499. The molecule has 0 unspecified atom stereocenters. The molecule has 0 bridgehead atoms. The summed E-state index contributed by atoms with van der Waals surface area (Å²) >= 11 is 0. The first kappa shape index (κ1) is 9.93. The van der Waals surface area contributed by atoms with Crippen molar-refractivity contribution >= 4 is 16.8 Å². The number of carbonyl (C=O) groups is 1. The van der Waals surface area contributed by atoms with Gasteiger partial charge in [0.15, 0.2) is 5.76 Å². The van der Waals surface area contributed by atoms with Crippen LogP contribution in [0.25, 0.3) is 11.0 Å². The molecular weight excluding hydrogens is 190 g/mol. The standard InChI is InChI=1S/C12H13NO2/c1-8-9-5-3-4-6-11(9)15-12(8)10(14)7-13-2/h3-6,13H,7H2,1-2H3. The first-order chi connectivity index (χ1) is 7.24. The Hall–Kier alpha value is -1.61. The molecule has 15 heavy (non-hydrogen) atoms. The Morgan fingerprint density at radius 3 is 2.80 bits per heavy atom. The molecule has 0 fully saturated rings. The molecule has 2 aromatic rings. The van der Waals surface area contributed by atoms with E-state index in [2.05, 4.69) is 5.32 Å². The molecule has 0 spiro atoms. The Labute approximate surface area is 88.1 Å². The van der Waals surface area contributed by atoms with Crippen LogP contribution in [0.4, 0.5) is 0 Å². The molecule has 78 valence electrons. The van der Waals surface area contributed by atoms with E-state index in [0.29, 0.717) is 12.3 Å². The maximum atomic E-state index is 11.7. The molecule has 1 aromatic carbocycles. The van der Waals surface area contributed by atoms with Crippen molar-refractivity contribution in [1.29, 1.82) is 0 Å². The predicted molar refractivity (Wildman–Crippen MR) is 59.2 cm³/mol. The van der Waals surface area contributed by atoms with Crippen LogP contribution in [0.1, 0.15) is 16.1 Å². The van der Waals surface area contributed by atoms with Gasteiger partial charge in [-0.25, -0.2) is 0 Å². The minimum Gasteiger partial charge on any atom is -0.453 e. The predicted octanol–water partition coefficient (Wildman–Crippen LogP) is 2.14. The zero-order valence-electron chi connectivity index (χ0n) is 8.83. The van der Waals surface area contributed by atoms with Gasteiger partial charge in [-0.2, -0.15) is 0 Å². The van der Waals surface area contributed by atoms with E-state index >= 15 is 0 Å². The lowest BCUT2D eigenvalue weighted by atomic mass is 10.1. The Kier molecular flexibility index (Phi) is 2.56. The summed E-state index contributed by atoms with van der Waals surface area (Å²) in [7, 11) is 1.75. The van der Waals surface area contributed by atoms with Crippen molar-refractivity contribution in [3.63, 3.8) is 0 Å². The molecule has 1 N–H and O–H groups in total. The molecular formula is C12H13NO2. The van der Waals surface area contributed by atoms with Gasteiger partial charge in [0, 0.05) is 10.9 Å². The van der Waals surface area contributed by atoms with Crippen LogP contribution in [0, 0.1) is 6.92 Å². The molecule has 0 aliphatic rings. The van der Waals surface area contributed by atoms with Crippen molar-refractivity contribution in [3.8, 4) is 0 Å². The van der Waals surface area contributed by atoms with Crippen molar-refractivity contribution in [1.82, 2.24) is 5.32 Å². The van der Waals surface area contributed by atoms with Crippen LogP contribution in [0.15, 0.2) is 28.7 Å². The third kappa shape index (κ3) is 1.66. The average Bonchev–Trinajstić information content (AvgIpc) is 2.57. The van der Waals surface area contributed by atoms with E-state index in [4.69, 9.17) is 4.42 Å². The summed E-state index contributed by atoms with van der Waals surface area (Å²) in [6.07, 6.45) is 0. The second-order valence-electron chi connectivity index (χ2n) is 3.51. The number of rotatable bonds is 3. The van der Waals surface area contributed by atoms with Crippen LogP contribution in [0.2, 0.25) is 0 Å². The maximum Gasteiger partial charge on any atom is 0.211 e. The van der Waals surface area contributed by atoms with Crippen LogP contribution in [-0.4, -0.2) is 19.4 Å². The number of hydrogen-bond acceptors (Lipinski definition) is 3. The van der Waals surface area contributed by atoms with Gasteiger partial charge in [-0.15, -0.1) is 0 Å². The fourth-order valence-electron chi connectivity index (χ4n) is 1.68. The number of furan rings is 1. The highest BCUT2D eigenvalue weighted by Gasteiger charge is 2.15. The quantitative estimate of drug-likeness (QED) is 0.777. The van der Waals surface area contributed by atoms with Crippen LogP contribution in [-0.2, 0) is 0 Å². The number of fused-ring (bicyclic) bond motifs is 1. The summed E-state index contributed by atoms with van der Waals surface area (Å²) < 4.78 is 5.52. The fraction of sp³-hybridized carbons (Fsp3) is 0.250. The van der Waals surface area contributed by atoms with E-state index < -0.39 is 0 Å². The SMILES string of the molecule is CNCC(=O)c1oc2ccccc2c1C. The van der Waals surface area contributed by atoms with Gasteiger partial charge in [-0.05, 0) is 20.0 Å². The third-order valence-corrected chi connectivity index (χ3v) is 2.43.